The number of esters is 1. The molecular formula is C24H28N4O7. The fourth-order valence-electron chi connectivity index (χ4n) is 3.81. The summed E-state index contributed by atoms with van der Waals surface area (Å²) in [5, 5.41) is 14.3. The van der Waals surface area contributed by atoms with Crippen LogP contribution in [0, 0.1) is 24.0 Å². The second-order valence-corrected chi connectivity index (χ2v) is 8.19. The molecule has 0 aromatic heterocycles. The summed E-state index contributed by atoms with van der Waals surface area (Å²) in [7, 11) is 1.18. The Balaban J connectivity index is 1.49. The standard InChI is InChI=1S/C24H28N4O7/c1-16-5-4-6-17(2)23(16)25-21(29)14-26-9-11-27(12-10-26)22(30)15-35-20-8-7-18(24(31)34-3)13-19(20)28(32)33/h4-8,13H,9-12,14-15H2,1-3H3,(H,25,29). The normalized spacial score (nSPS) is 13.7. The second kappa shape index (κ2) is 11.4. The van der Waals surface area contributed by atoms with E-state index in [1.807, 2.05) is 36.9 Å². The molecule has 1 N–H and O–H groups in total. The van der Waals surface area contributed by atoms with Gasteiger partial charge in [0, 0.05) is 37.9 Å². The highest BCUT2D eigenvalue weighted by Gasteiger charge is 2.25. The zero-order chi connectivity index (χ0) is 25.5. The second-order valence-electron chi connectivity index (χ2n) is 8.19. The molecule has 1 saturated heterocycles. The minimum Gasteiger partial charge on any atom is -0.477 e. The predicted molar refractivity (Wildman–Crippen MR) is 127 cm³/mol. The molecule has 0 bridgehead atoms. The summed E-state index contributed by atoms with van der Waals surface area (Å²) in [6.45, 7) is 5.55. The monoisotopic (exact) mass is 484 g/mol. The van der Waals surface area contributed by atoms with Crippen LogP contribution in [0.5, 0.6) is 5.75 Å². The lowest BCUT2D eigenvalue weighted by Gasteiger charge is -2.34. The van der Waals surface area contributed by atoms with Gasteiger partial charge in [-0.25, -0.2) is 4.79 Å². The summed E-state index contributed by atoms with van der Waals surface area (Å²) >= 11 is 0. The number of aryl methyl sites for hydroxylation is 2. The number of nitrogens with zero attached hydrogens (tertiary/aromatic N) is 3. The highest BCUT2D eigenvalue weighted by Crippen LogP contribution is 2.28. The number of nitro benzene ring substituents is 1. The number of carbonyl (C=O) groups excluding carboxylic acids is 3. The molecule has 2 aromatic rings. The van der Waals surface area contributed by atoms with Crippen molar-refractivity contribution in [1.82, 2.24) is 9.80 Å². The number of rotatable bonds is 8. The van der Waals surface area contributed by atoms with Crippen LogP contribution in [0.1, 0.15) is 21.5 Å². The molecule has 0 unspecified atom stereocenters. The average Bonchev–Trinajstić information content (AvgIpc) is 2.84. The molecule has 0 atom stereocenters. The van der Waals surface area contributed by atoms with Crippen LogP contribution in [-0.2, 0) is 14.3 Å². The minimum atomic E-state index is -0.712. The van der Waals surface area contributed by atoms with Crippen LogP contribution < -0.4 is 10.1 Å². The lowest BCUT2D eigenvalue weighted by atomic mass is 10.1. The van der Waals surface area contributed by atoms with Crippen LogP contribution in [0.3, 0.4) is 0 Å². The molecule has 1 aliphatic rings. The van der Waals surface area contributed by atoms with E-state index >= 15 is 0 Å². The first-order valence-corrected chi connectivity index (χ1v) is 11.1. The van der Waals surface area contributed by atoms with Crippen LogP contribution in [0.4, 0.5) is 11.4 Å². The van der Waals surface area contributed by atoms with Crippen molar-refractivity contribution in [3.8, 4) is 5.75 Å². The Kier molecular flexibility index (Phi) is 8.37. The number of nitro groups is 1. The average molecular weight is 485 g/mol. The number of hydrogen-bond donors (Lipinski definition) is 1. The van der Waals surface area contributed by atoms with Gasteiger partial charge in [0.05, 0.1) is 24.1 Å². The fourth-order valence-corrected chi connectivity index (χ4v) is 3.81. The van der Waals surface area contributed by atoms with Gasteiger partial charge in [0.25, 0.3) is 5.91 Å². The van der Waals surface area contributed by atoms with E-state index in [-0.39, 0.29) is 36.3 Å². The molecule has 0 aliphatic carbocycles. The quantitative estimate of drug-likeness (QED) is 0.343. The number of methoxy groups -OCH3 is 1. The maximum atomic E-state index is 12.6. The number of ether oxygens (including phenoxy) is 2. The van der Waals surface area contributed by atoms with Gasteiger partial charge in [-0.15, -0.1) is 0 Å². The van der Waals surface area contributed by atoms with Crippen molar-refractivity contribution >= 4 is 29.2 Å². The van der Waals surface area contributed by atoms with Gasteiger partial charge in [0.15, 0.2) is 12.4 Å². The van der Waals surface area contributed by atoms with E-state index in [1.54, 1.807) is 4.90 Å². The van der Waals surface area contributed by atoms with Gasteiger partial charge in [0.2, 0.25) is 5.91 Å². The summed E-state index contributed by atoms with van der Waals surface area (Å²) < 4.78 is 9.97. The van der Waals surface area contributed by atoms with Crippen LogP contribution in [0.25, 0.3) is 0 Å². The Morgan fingerprint density at radius 1 is 1.06 bits per heavy atom. The molecule has 11 nitrogen and oxygen atoms in total. The summed E-state index contributed by atoms with van der Waals surface area (Å²) in [6.07, 6.45) is 0. The van der Waals surface area contributed by atoms with E-state index in [9.17, 15) is 24.5 Å². The maximum absolute atomic E-state index is 12.6. The zero-order valence-corrected chi connectivity index (χ0v) is 19.9. The molecule has 0 spiro atoms. The largest absolute Gasteiger partial charge is 0.477 e. The molecular weight excluding hydrogens is 456 g/mol. The number of piperazine rings is 1. The summed E-state index contributed by atoms with van der Waals surface area (Å²) in [5.74, 6) is -1.27. The lowest BCUT2D eigenvalue weighted by Crippen LogP contribution is -2.51. The molecule has 0 saturated carbocycles. The molecule has 11 heteroatoms. The van der Waals surface area contributed by atoms with Gasteiger partial charge in [-0.2, -0.15) is 0 Å². The highest BCUT2D eigenvalue weighted by atomic mass is 16.6. The Bertz CT molecular complexity index is 1110. The van der Waals surface area contributed by atoms with Gasteiger partial charge in [-0.05, 0) is 37.1 Å². The molecule has 35 heavy (non-hydrogen) atoms. The number of hydrogen-bond acceptors (Lipinski definition) is 8. The van der Waals surface area contributed by atoms with E-state index in [2.05, 4.69) is 10.1 Å². The Hall–Kier alpha value is -3.99. The first kappa shape index (κ1) is 25.6. The van der Waals surface area contributed by atoms with E-state index in [0.29, 0.717) is 26.2 Å². The first-order valence-electron chi connectivity index (χ1n) is 11.1. The van der Waals surface area contributed by atoms with E-state index in [1.165, 1.54) is 19.2 Å². The minimum absolute atomic E-state index is 0.00983. The van der Waals surface area contributed by atoms with Crippen LogP contribution >= 0.6 is 0 Å². The highest BCUT2D eigenvalue weighted by molar-refractivity contribution is 5.93. The van der Waals surface area contributed by atoms with E-state index in [4.69, 9.17) is 4.74 Å². The van der Waals surface area contributed by atoms with Crippen LogP contribution in [0.15, 0.2) is 36.4 Å². The van der Waals surface area contributed by atoms with Gasteiger partial charge in [0.1, 0.15) is 0 Å². The van der Waals surface area contributed by atoms with Gasteiger partial charge < -0.3 is 19.7 Å². The van der Waals surface area contributed by atoms with Crippen LogP contribution in [0.2, 0.25) is 0 Å². The van der Waals surface area contributed by atoms with Crippen molar-refractivity contribution in [2.24, 2.45) is 0 Å². The smallest absolute Gasteiger partial charge is 0.338 e. The number of benzene rings is 2. The first-order chi connectivity index (χ1) is 16.7. The van der Waals surface area contributed by atoms with Crippen molar-refractivity contribution in [3.63, 3.8) is 0 Å². The van der Waals surface area contributed by atoms with Gasteiger partial charge >= 0.3 is 11.7 Å². The van der Waals surface area contributed by atoms with E-state index in [0.717, 1.165) is 22.9 Å². The van der Waals surface area contributed by atoms with Gasteiger partial charge in [-0.3, -0.25) is 24.6 Å². The topological polar surface area (TPSA) is 131 Å². The molecule has 1 fully saturated rings. The third-order valence-electron chi connectivity index (χ3n) is 5.77. The summed E-state index contributed by atoms with van der Waals surface area (Å²) in [6, 6.07) is 9.48. The molecule has 1 aliphatic heterocycles. The molecule has 1 heterocycles. The molecule has 3 rings (SSSR count). The van der Waals surface area contributed by atoms with Crippen molar-refractivity contribution in [2.75, 3.05) is 51.8 Å². The predicted octanol–water partition coefficient (Wildman–Crippen LogP) is 2.16. The zero-order valence-electron chi connectivity index (χ0n) is 19.9. The van der Waals surface area contributed by atoms with Crippen LogP contribution in [-0.4, -0.2) is 78.9 Å². The Morgan fingerprint density at radius 3 is 2.31 bits per heavy atom. The summed E-state index contributed by atoms with van der Waals surface area (Å²) in [5.41, 5.74) is 2.39. The number of anilines is 1. The number of amides is 2. The fraction of sp³-hybridized carbons (Fsp3) is 0.375. The number of para-hydroxylation sites is 1. The van der Waals surface area contributed by atoms with Crippen molar-refractivity contribution in [1.29, 1.82) is 0 Å². The molecule has 2 amide bonds. The Labute approximate surface area is 202 Å². The maximum Gasteiger partial charge on any atom is 0.338 e. The molecule has 0 radical (unpaired) electrons. The summed E-state index contributed by atoms with van der Waals surface area (Å²) in [4.78, 5) is 50.9. The van der Waals surface area contributed by atoms with Gasteiger partial charge in [-0.1, -0.05) is 18.2 Å². The van der Waals surface area contributed by atoms with Crippen molar-refractivity contribution in [2.45, 2.75) is 13.8 Å². The third kappa shape index (κ3) is 6.54. The van der Waals surface area contributed by atoms with Crippen molar-refractivity contribution in [3.05, 3.63) is 63.2 Å². The third-order valence-corrected chi connectivity index (χ3v) is 5.77. The number of nitrogens with one attached hydrogen (secondary N) is 1. The van der Waals surface area contributed by atoms with Crippen molar-refractivity contribution < 1.29 is 28.8 Å². The SMILES string of the molecule is COC(=O)c1ccc(OCC(=O)N2CCN(CC(=O)Nc3c(C)cccc3C)CC2)c([N+](=O)[O-])c1. The van der Waals surface area contributed by atoms with E-state index < -0.39 is 16.6 Å². The lowest BCUT2D eigenvalue weighted by molar-refractivity contribution is -0.385. The molecule has 186 valence electrons. The Morgan fingerprint density at radius 2 is 1.71 bits per heavy atom. The molecule has 2 aromatic carbocycles. The number of carbonyl (C=O) groups is 3.